The molecule has 1 heterocycles. The molecule has 0 aromatic heterocycles. The predicted molar refractivity (Wildman–Crippen MR) is 143 cm³/mol. The minimum absolute atomic E-state index is 0.0258. The number of aryl methyl sites for hydroxylation is 1. The number of amides is 1. The van der Waals surface area contributed by atoms with Gasteiger partial charge in [0.1, 0.15) is 11.9 Å². The van der Waals surface area contributed by atoms with Crippen molar-refractivity contribution in [2.75, 3.05) is 6.54 Å². The quantitative estimate of drug-likeness (QED) is 0.312. The van der Waals surface area contributed by atoms with Gasteiger partial charge < -0.3 is 15.2 Å². The summed E-state index contributed by atoms with van der Waals surface area (Å²) in [7, 11) is 0. The zero-order valence-electron chi connectivity index (χ0n) is 21.8. The Morgan fingerprint density at radius 1 is 1.08 bits per heavy atom. The number of carboxylic acids is 1. The lowest BCUT2D eigenvalue weighted by Gasteiger charge is -2.18. The van der Waals surface area contributed by atoms with Crippen molar-refractivity contribution in [2.24, 2.45) is 0 Å². The molecule has 0 radical (unpaired) electrons. The number of alkyl halides is 2. The molecule has 1 amide bonds. The number of allylic oxidation sites excluding steroid dienone is 2. The molecule has 1 aliphatic rings. The van der Waals surface area contributed by atoms with Crippen molar-refractivity contribution in [1.82, 2.24) is 5.32 Å². The SMILES string of the molecule is C/C=C/C(F)(F)c1ccc(-c2c(C)cc3c(c2C)C(C)C(c2ccc(C(=O)NCCC(=O)O)cc2)O3)cc1. The molecule has 2 unspecified atom stereocenters. The van der Waals surface area contributed by atoms with Crippen molar-refractivity contribution in [1.29, 1.82) is 0 Å². The molecule has 0 saturated carbocycles. The number of hydrogen-bond donors (Lipinski definition) is 2. The van der Waals surface area contributed by atoms with Gasteiger partial charge in [-0.1, -0.05) is 49.4 Å². The van der Waals surface area contributed by atoms with Gasteiger partial charge in [-0.25, -0.2) is 0 Å². The number of rotatable bonds is 8. The molecule has 0 spiro atoms. The minimum atomic E-state index is -3.01. The first-order valence-corrected chi connectivity index (χ1v) is 12.6. The number of carbonyl (C=O) groups excluding carboxylic acids is 1. The van der Waals surface area contributed by atoms with Crippen molar-refractivity contribution in [3.05, 3.63) is 100 Å². The summed E-state index contributed by atoms with van der Waals surface area (Å²) >= 11 is 0. The van der Waals surface area contributed by atoms with Crippen molar-refractivity contribution >= 4 is 11.9 Å². The summed E-state index contributed by atoms with van der Waals surface area (Å²) in [5.74, 6) is -3.48. The molecular weight excluding hydrogens is 488 g/mol. The molecule has 0 fully saturated rings. The third-order valence-corrected chi connectivity index (χ3v) is 7.01. The molecule has 198 valence electrons. The first kappa shape index (κ1) is 27.0. The highest BCUT2D eigenvalue weighted by atomic mass is 19.3. The highest BCUT2D eigenvalue weighted by Crippen LogP contribution is 2.50. The van der Waals surface area contributed by atoms with E-state index in [-0.39, 0.29) is 36.5 Å². The van der Waals surface area contributed by atoms with Crippen LogP contribution in [0.15, 0.2) is 66.7 Å². The average molecular weight is 520 g/mol. The fourth-order valence-electron chi connectivity index (χ4n) is 5.19. The number of carboxylic acid groups (broad SMARTS) is 1. The lowest BCUT2D eigenvalue weighted by atomic mass is 9.84. The van der Waals surface area contributed by atoms with Gasteiger partial charge in [0.2, 0.25) is 0 Å². The molecule has 0 saturated heterocycles. The van der Waals surface area contributed by atoms with Gasteiger partial charge >= 0.3 is 5.97 Å². The summed E-state index contributed by atoms with van der Waals surface area (Å²) < 4.78 is 34.9. The van der Waals surface area contributed by atoms with Crippen LogP contribution in [-0.4, -0.2) is 23.5 Å². The van der Waals surface area contributed by atoms with Crippen molar-refractivity contribution in [2.45, 2.75) is 52.1 Å². The van der Waals surface area contributed by atoms with Crippen molar-refractivity contribution < 1.29 is 28.2 Å². The number of halogens is 2. The van der Waals surface area contributed by atoms with Crippen LogP contribution in [0.5, 0.6) is 5.75 Å². The highest BCUT2D eigenvalue weighted by molar-refractivity contribution is 5.94. The summed E-state index contributed by atoms with van der Waals surface area (Å²) in [6, 6.07) is 15.6. The van der Waals surface area contributed by atoms with Crippen LogP contribution in [0.25, 0.3) is 11.1 Å². The second-order valence-electron chi connectivity index (χ2n) is 9.65. The first-order chi connectivity index (χ1) is 18.0. The molecule has 1 aliphatic heterocycles. The standard InChI is InChI=1S/C31H31F2NO4/c1-5-15-31(32,33)24-12-10-21(11-13-24)27-18(2)17-25-28(19(27)3)20(4)29(38-25)22-6-8-23(9-7-22)30(37)34-16-14-26(35)36/h5-13,15,17,20,29H,14,16H2,1-4H3,(H,34,37)(H,35,36)/b15-5+. The molecule has 0 bridgehead atoms. The maximum absolute atomic E-state index is 14.3. The van der Waals surface area contributed by atoms with Crippen molar-refractivity contribution in [3.8, 4) is 16.9 Å². The van der Waals surface area contributed by atoms with Gasteiger partial charge in [-0.15, -0.1) is 0 Å². The molecule has 4 rings (SSSR count). The molecular formula is C31H31F2NO4. The number of hydrogen-bond acceptors (Lipinski definition) is 3. The Morgan fingerprint density at radius 2 is 1.74 bits per heavy atom. The second-order valence-corrected chi connectivity index (χ2v) is 9.65. The number of benzene rings is 3. The van der Waals surface area contributed by atoms with Crippen LogP contribution < -0.4 is 10.1 Å². The van der Waals surface area contributed by atoms with E-state index in [4.69, 9.17) is 9.84 Å². The number of carbonyl (C=O) groups is 2. The number of fused-ring (bicyclic) bond motifs is 1. The van der Waals surface area contributed by atoms with Gasteiger partial charge in [-0.2, -0.15) is 8.78 Å². The molecule has 3 aromatic rings. The van der Waals surface area contributed by atoms with Crippen molar-refractivity contribution in [3.63, 3.8) is 0 Å². The molecule has 2 N–H and O–H groups in total. The Hall–Kier alpha value is -4.00. The van der Waals surface area contributed by atoms with Crippen LogP contribution in [-0.2, 0) is 10.7 Å². The van der Waals surface area contributed by atoms with Crippen LogP contribution in [0.4, 0.5) is 8.78 Å². The van der Waals surface area contributed by atoms with E-state index in [0.29, 0.717) is 5.56 Å². The van der Waals surface area contributed by atoms with Gasteiger partial charge in [0, 0.05) is 29.2 Å². The summed E-state index contributed by atoms with van der Waals surface area (Å²) in [4.78, 5) is 22.9. The van der Waals surface area contributed by atoms with E-state index >= 15 is 0 Å². The predicted octanol–water partition coefficient (Wildman–Crippen LogP) is 7.08. The van der Waals surface area contributed by atoms with Crippen LogP contribution in [0.3, 0.4) is 0 Å². The molecule has 2 atom stereocenters. The van der Waals surface area contributed by atoms with Crippen LogP contribution >= 0.6 is 0 Å². The van der Waals surface area contributed by atoms with E-state index in [2.05, 4.69) is 12.2 Å². The van der Waals surface area contributed by atoms with Gasteiger partial charge in [0.05, 0.1) is 6.42 Å². The lowest BCUT2D eigenvalue weighted by Crippen LogP contribution is -2.26. The Morgan fingerprint density at radius 3 is 2.34 bits per heavy atom. The third kappa shape index (κ3) is 5.32. The van der Waals surface area contributed by atoms with E-state index in [0.717, 1.165) is 45.2 Å². The fraction of sp³-hybridized carbons (Fsp3) is 0.290. The summed E-state index contributed by atoms with van der Waals surface area (Å²) in [6.07, 6.45) is 1.87. The summed E-state index contributed by atoms with van der Waals surface area (Å²) in [5.41, 5.74) is 6.32. The van der Waals surface area contributed by atoms with Crippen LogP contribution in [0, 0.1) is 13.8 Å². The fourth-order valence-corrected chi connectivity index (χ4v) is 5.19. The van der Waals surface area contributed by atoms with Gasteiger partial charge in [-0.3, -0.25) is 9.59 Å². The maximum atomic E-state index is 14.3. The minimum Gasteiger partial charge on any atom is -0.485 e. The zero-order chi connectivity index (χ0) is 27.6. The van der Waals surface area contributed by atoms with E-state index in [1.807, 2.05) is 32.0 Å². The van der Waals surface area contributed by atoms with E-state index in [1.165, 1.54) is 18.2 Å². The van der Waals surface area contributed by atoms with E-state index in [9.17, 15) is 18.4 Å². The topological polar surface area (TPSA) is 75.6 Å². The second kappa shape index (κ2) is 10.8. The van der Waals surface area contributed by atoms with Crippen LogP contribution in [0.2, 0.25) is 0 Å². The Balaban J connectivity index is 1.57. The largest absolute Gasteiger partial charge is 0.485 e. The average Bonchev–Trinajstić information content (AvgIpc) is 3.20. The van der Waals surface area contributed by atoms with Gasteiger partial charge in [0.15, 0.2) is 0 Å². The summed E-state index contributed by atoms with van der Waals surface area (Å²) in [5, 5.41) is 11.3. The summed E-state index contributed by atoms with van der Waals surface area (Å²) in [6.45, 7) is 7.76. The van der Waals surface area contributed by atoms with Gasteiger partial charge in [0.25, 0.3) is 11.8 Å². The van der Waals surface area contributed by atoms with Gasteiger partial charge in [-0.05, 0) is 72.9 Å². The Kier molecular flexibility index (Phi) is 7.67. The molecule has 38 heavy (non-hydrogen) atoms. The number of nitrogens with one attached hydrogen (secondary N) is 1. The Bertz CT molecular complexity index is 1380. The molecule has 7 heteroatoms. The first-order valence-electron chi connectivity index (χ1n) is 12.6. The number of aliphatic carboxylic acids is 1. The van der Waals surface area contributed by atoms with E-state index < -0.39 is 11.9 Å². The smallest absolute Gasteiger partial charge is 0.305 e. The lowest BCUT2D eigenvalue weighted by molar-refractivity contribution is -0.136. The highest BCUT2D eigenvalue weighted by Gasteiger charge is 2.35. The van der Waals surface area contributed by atoms with Crippen LogP contribution in [0.1, 0.15) is 70.5 Å². The monoisotopic (exact) mass is 519 g/mol. The molecule has 5 nitrogen and oxygen atoms in total. The normalized spacial score (nSPS) is 16.8. The number of ether oxygens (including phenoxy) is 1. The maximum Gasteiger partial charge on any atom is 0.305 e. The Labute approximate surface area is 221 Å². The molecule has 0 aliphatic carbocycles. The van der Waals surface area contributed by atoms with E-state index in [1.54, 1.807) is 31.2 Å². The molecule has 3 aromatic carbocycles. The zero-order valence-corrected chi connectivity index (χ0v) is 21.8. The third-order valence-electron chi connectivity index (χ3n) is 7.01.